The van der Waals surface area contributed by atoms with Crippen LogP contribution in [-0.2, 0) is 35.8 Å². The van der Waals surface area contributed by atoms with Crippen LogP contribution in [0.5, 0.6) is 5.75 Å². The van der Waals surface area contributed by atoms with E-state index in [-0.39, 0.29) is 36.2 Å². The number of esters is 2. The van der Waals surface area contributed by atoms with Crippen molar-refractivity contribution < 1.29 is 31.7 Å². The van der Waals surface area contributed by atoms with Gasteiger partial charge in [0, 0.05) is 11.8 Å². The van der Waals surface area contributed by atoms with E-state index in [9.17, 15) is 18.0 Å². The van der Waals surface area contributed by atoms with Crippen LogP contribution in [0.15, 0.2) is 138 Å². The normalized spacial score (nSPS) is 13.6. The fourth-order valence-corrected chi connectivity index (χ4v) is 6.80. The van der Waals surface area contributed by atoms with Gasteiger partial charge in [-0.2, -0.15) is 8.42 Å². The molecule has 5 aromatic carbocycles. The zero-order valence-electron chi connectivity index (χ0n) is 25.4. The molecule has 2 N–H and O–H groups in total. The van der Waals surface area contributed by atoms with Crippen LogP contribution in [0.25, 0.3) is 11.1 Å². The van der Waals surface area contributed by atoms with Gasteiger partial charge in [-0.25, -0.2) is 0 Å². The van der Waals surface area contributed by atoms with E-state index in [0.717, 1.165) is 27.8 Å². The van der Waals surface area contributed by atoms with Gasteiger partial charge in [-0.3, -0.25) is 9.59 Å². The minimum Gasteiger partial charge on any atom is -0.464 e. The minimum absolute atomic E-state index is 0.00810. The standard InChI is InChI=1S/C38H33NO7S/c39-37(38(41)45-25-35-32-20-9-7-18-30(32)31-19-8-10-21-33(31)35)34(23-36(40)44-24-26-12-3-1-4-13-26)27-14-11-15-28(22-27)46-47(42,43)29-16-5-2-6-17-29/h1-22,34-35,37H,23-25,39H2. The Morgan fingerprint density at radius 3 is 1.96 bits per heavy atom. The smallest absolute Gasteiger partial charge is 0.339 e. The van der Waals surface area contributed by atoms with Crippen LogP contribution in [0.1, 0.15) is 40.5 Å². The molecule has 0 aromatic heterocycles. The fraction of sp³-hybridized carbons (Fsp3) is 0.158. The first-order valence-corrected chi connectivity index (χ1v) is 16.6. The SMILES string of the molecule is NC(C(=O)OCC1c2ccccc2-c2ccccc21)C(CC(=O)OCc1ccccc1)c1cccc(OS(=O)(=O)c2ccccc2)c1. The Labute approximate surface area is 273 Å². The Morgan fingerprint density at radius 1 is 0.702 bits per heavy atom. The van der Waals surface area contributed by atoms with Crippen LogP contribution in [-0.4, -0.2) is 33.0 Å². The summed E-state index contributed by atoms with van der Waals surface area (Å²) < 4.78 is 42.6. The molecule has 6 rings (SSSR count). The van der Waals surface area contributed by atoms with Crippen molar-refractivity contribution in [3.05, 3.63) is 156 Å². The molecule has 0 bridgehead atoms. The fourth-order valence-electron chi connectivity index (χ4n) is 5.85. The largest absolute Gasteiger partial charge is 0.464 e. The van der Waals surface area contributed by atoms with Crippen molar-refractivity contribution in [1.82, 2.24) is 0 Å². The van der Waals surface area contributed by atoms with Gasteiger partial charge in [0.15, 0.2) is 0 Å². The Bertz CT molecular complexity index is 1930. The van der Waals surface area contributed by atoms with Gasteiger partial charge in [0.25, 0.3) is 0 Å². The molecule has 2 atom stereocenters. The van der Waals surface area contributed by atoms with Gasteiger partial charge >= 0.3 is 22.1 Å². The summed E-state index contributed by atoms with van der Waals surface area (Å²) in [7, 11) is -4.14. The van der Waals surface area contributed by atoms with Gasteiger partial charge < -0.3 is 19.4 Å². The molecule has 0 spiro atoms. The predicted octanol–water partition coefficient (Wildman–Crippen LogP) is 6.35. The van der Waals surface area contributed by atoms with Crippen molar-refractivity contribution in [3.63, 3.8) is 0 Å². The summed E-state index contributed by atoms with van der Waals surface area (Å²) >= 11 is 0. The van der Waals surface area contributed by atoms with Crippen molar-refractivity contribution in [2.24, 2.45) is 5.73 Å². The zero-order chi connectivity index (χ0) is 32.8. The molecule has 5 aromatic rings. The van der Waals surface area contributed by atoms with Crippen molar-refractivity contribution >= 4 is 22.1 Å². The minimum atomic E-state index is -4.14. The van der Waals surface area contributed by atoms with Crippen LogP contribution < -0.4 is 9.92 Å². The highest BCUT2D eigenvalue weighted by atomic mass is 32.2. The molecule has 0 fully saturated rings. The summed E-state index contributed by atoms with van der Waals surface area (Å²) in [6.45, 7) is 0.106. The number of carbonyl (C=O) groups is 2. The number of benzene rings is 5. The van der Waals surface area contributed by atoms with Gasteiger partial charge in [-0.15, -0.1) is 0 Å². The highest BCUT2D eigenvalue weighted by Crippen LogP contribution is 2.44. The first kappa shape index (κ1) is 31.7. The van der Waals surface area contributed by atoms with Crippen LogP contribution in [0.4, 0.5) is 0 Å². The summed E-state index contributed by atoms with van der Waals surface area (Å²) in [6.07, 6.45) is -0.257. The zero-order valence-corrected chi connectivity index (χ0v) is 26.2. The van der Waals surface area contributed by atoms with E-state index in [1.807, 2.05) is 78.9 Å². The van der Waals surface area contributed by atoms with Crippen molar-refractivity contribution in [3.8, 4) is 16.9 Å². The van der Waals surface area contributed by atoms with Crippen molar-refractivity contribution in [1.29, 1.82) is 0 Å². The highest BCUT2D eigenvalue weighted by molar-refractivity contribution is 7.87. The molecule has 0 saturated carbocycles. The quantitative estimate of drug-likeness (QED) is 0.123. The number of hydrogen-bond acceptors (Lipinski definition) is 8. The van der Waals surface area contributed by atoms with Gasteiger partial charge in [0.2, 0.25) is 0 Å². The van der Waals surface area contributed by atoms with E-state index < -0.39 is 34.0 Å². The van der Waals surface area contributed by atoms with Gasteiger partial charge in [-0.1, -0.05) is 109 Å². The van der Waals surface area contributed by atoms with Crippen LogP contribution >= 0.6 is 0 Å². The number of hydrogen-bond donors (Lipinski definition) is 1. The summed E-state index contributed by atoms with van der Waals surface area (Å²) in [5, 5.41) is 0. The lowest BCUT2D eigenvalue weighted by Crippen LogP contribution is -2.40. The first-order chi connectivity index (χ1) is 22.8. The Balaban J connectivity index is 1.22. The maximum Gasteiger partial charge on any atom is 0.339 e. The molecule has 0 radical (unpaired) electrons. The average Bonchev–Trinajstić information content (AvgIpc) is 3.42. The number of nitrogens with two attached hydrogens (primary N) is 1. The van der Waals surface area contributed by atoms with E-state index in [0.29, 0.717) is 5.56 Å². The maximum atomic E-state index is 13.6. The van der Waals surface area contributed by atoms with Crippen LogP contribution in [0.2, 0.25) is 0 Å². The molecule has 0 saturated heterocycles. The maximum absolute atomic E-state index is 13.6. The van der Waals surface area contributed by atoms with Gasteiger partial charge in [-0.05, 0) is 57.6 Å². The van der Waals surface area contributed by atoms with Crippen molar-refractivity contribution in [2.75, 3.05) is 6.61 Å². The third-order valence-corrected chi connectivity index (χ3v) is 9.48. The van der Waals surface area contributed by atoms with Gasteiger partial charge in [0.05, 0.1) is 6.42 Å². The number of fused-ring (bicyclic) bond motifs is 3. The lowest BCUT2D eigenvalue weighted by atomic mass is 9.88. The molecular weight excluding hydrogens is 614 g/mol. The molecule has 8 nitrogen and oxygen atoms in total. The average molecular weight is 648 g/mol. The van der Waals surface area contributed by atoms with E-state index >= 15 is 0 Å². The summed E-state index contributed by atoms with van der Waals surface area (Å²) in [4.78, 5) is 26.7. The highest BCUT2D eigenvalue weighted by Gasteiger charge is 2.34. The molecule has 0 heterocycles. The van der Waals surface area contributed by atoms with E-state index in [2.05, 4.69) is 0 Å². The van der Waals surface area contributed by atoms with E-state index in [4.69, 9.17) is 19.4 Å². The summed E-state index contributed by atoms with van der Waals surface area (Å²) in [6, 6.07) is 37.9. The third-order valence-electron chi connectivity index (χ3n) is 8.21. The Morgan fingerprint density at radius 2 is 1.30 bits per heavy atom. The molecule has 0 aliphatic heterocycles. The molecular formula is C38H33NO7S. The van der Waals surface area contributed by atoms with Crippen LogP contribution in [0, 0.1) is 0 Å². The van der Waals surface area contributed by atoms with E-state index in [1.165, 1.54) is 24.3 Å². The lowest BCUT2D eigenvalue weighted by molar-refractivity contribution is -0.148. The Kier molecular flexibility index (Phi) is 9.47. The number of ether oxygens (including phenoxy) is 2. The molecule has 1 aliphatic rings. The Hall–Kier alpha value is -5.25. The van der Waals surface area contributed by atoms with Crippen molar-refractivity contribution in [2.45, 2.75) is 35.8 Å². The first-order valence-electron chi connectivity index (χ1n) is 15.2. The third kappa shape index (κ3) is 7.27. The van der Waals surface area contributed by atoms with Crippen LogP contribution in [0.3, 0.4) is 0 Å². The molecule has 9 heteroatoms. The molecule has 1 aliphatic carbocycles. The monoisotopic (exact) mass is 647 g/mol. The topological polar surface area (TPSA) is 122 Å². The second-order valence-electron chi connectivity index (χ2n) is 11.3. The number of carbonyl (C=O) groups excluding carboxylic acids is 2. The predicted molar refractivity (Wildman–Crippen MR) is 177 cm³/mol. The molecule has 2 unspecified atom stereocenters. The summed E-state index contributed by atoms with van der Waals surface area (Å²) in [5.74, 6) is -2.35. The lowest BCUT2D eigenvalue weighted by Gasteiger charge is -2.24. The second-order valence-corrected chi connectivity index (χ2v) is 12.8. The molecule has 0 amide bonds. The van der Waals surface area contributed by atoms with E-state index in [1.54, 1.807) is 30.3 Å². The van der Waals surface area contributed by atoms with Gasteiger partial charge in [0.1, 0.15) is 29.9 Å². The second kappa shape index (κ2) is 14.0. The molecule has 238 valence electrons. The number of rotatable bonds is 12. The molecule has 47 heavy (non-hydrogen) atoms. The summed E-state index contributed by atoms with van der Waals surface area (Å²) in [5.41, 5.74) is 12.1.